The summed E-state index contributed by atoms with van der Waals surface area (Å²) in [5.41, 5.74) is 1.53. The van der Waals surface area contributed by atoms with Gasteiger partial charge in [0.25, 0.3) is 0 Å². The van der Waals surface area contributed by atoms with Crippen LogP contribution >= 0.6 is 0 Å². The molecule has 0 radical (unpaired) electrons. The first-order valence-electron chi connectivity index (χ1n) is 10.3. The van der Waals surface area contributed by atoms with Crippen LogP contribution in [0.3, 0.4) is 0 Å². The van der Waals surface area contributed by atoms with Gasteiger partial charge in [-0.3, -0.25) is 9.89 Å². The van der Waals surface area contributed by atoms with Crippen molar-refractivity contribution in [1.82, 2.24) is 15.5 Å². The maximum absolute atomic E-state index is 5.89. The van der Waals surface area contributed by atoms with Gasteiger partial charge in [0.2, 0.25) is 0 Å². The lowest BCUT2D eigenvalue weighted by Crippen LogP contribution is -2.68. The second kappa shape index (κ2) is 8.61. The van der Waals surface area contributed by atoms with E-state index < -0.39 is 0 Å². The molecule has 0 aromatic heterocycles. The first-order chi connectivity index (χ1) is 12.9. The molecule has 3 rings (SSSR count). The molecule has 2 N–H and O–H groups in total. The molecule has 1 aromatic carbocycles. The molecule has 1 aliphatic carbocycles. The molecular weight excluding hydrogens is 336 g/mol. The number of nitrogens with zero attached hydrogens (tertiary/aromatic N) is 2. The van der Waals surface area contributed by atoms with Crippen LogP contribution in [0, 0.1) is 11.3 Å². The van der Waals surface area contributed by atoms with Gasteiger partial charge < -0.3 is 15.4 Å². The number of aliphatic imine (C=N–C) groups is 1. The number of fused-ring (bicyclic) bond motifs is 1. The van der Waals surface area contributed by atoms with E-state index in [1.165, 1.54) is 5.56 Å². The van der Waals surface area contributed by atoms with Crippen molar-refractivity contribution in [2.75, 3.05) is 27.2 Å². The smallest absolute Gasteiger partial charge is 0.191 e. The Morgan fingerprint density at radius 2 is 2.07 bits per heavy atom. The Labute approximate surface area is 164 Å². The zero-order valence-corrected chi connectivity index (χ0v) is 17.5. The van der Waals surface area contributed by atoms with Crippen LogP contribution in [0.5, 0.6) is 0 Å². The monoisotopic (exact) mass is 372 g/mol. The molecule has 0 spiro atoms. The molecule has 1 aromatic rings. The lowest BCUT2D eigenvalue weighted by atomic mass is 9.57. The third kappa shape index (κ3) is 4.46. The molecule has 1 saturated heterocycles. The number of hydrogen-bond acceptors (Lipinski definition) is 3. The molecule has 1 aliphatic heterocycles. The maximum atomic E-state index is 5.89. The number of rotatable bonds is 7. The summed E-state index contributed by atoms with van der Waals surface area (Å²) in [6.45, 7) is 9.67. The van der Waals surface area contributed by atoms with Gasteiger partial charge >= 0.3 is 0 Å². The van der Waals surface area contributed by atoms with E-state index in [9.17, 15) is 0 Å². The zero-order chi connectivity index (χ0) is 19.4. The minimum atomic E-state index is 0.169. The number of benzene rings is 1. The lowest BCUT2D eigenvalue weighted by molar-refractivity contribution is -0.106. The molecule has 0 bridgehead atoms. The van der Waals surface area contributed by atoms with Gasteiger partial charge in [0, 0.05) is 50.2 Å². The summed E-state index contributed by atoms with van der Waals surface area (Å²) >= 11 is 0. The van der Waals surface area contributed by atoms with Gasteiger partial charge in [-0.1, -0.05) is 44.2 Å². The SMILES string of the molecule is CN=C(NCCC(C)N(C)Cc1ccccc1)NC1C2CCOC2C1(C)C. The van der Waals surface area contributed by atoms with E-state index in [2.05, 4.69) is 78.7 Å². The molecular formula is C22H36N4O. The normalized spacial score (nSPS) is 27.8. The average Bonchev–Trinajstić information content (AvgIpc) is 3.12. The lowest BCUT2D eigenvalue weighted by Gasteiger charge is -2.54. The number of ether oxygens (including phenoxy) is 1. The molecule has 1 heterocycles. The van der Waals surface area contributed by atoms with E-state index in [4.69, 9.17) is 4.74 Å². The molecule has 27 heavy (non-hydrogen) atoms. The van der Waals surface area contributed by atoms with E-state index >= 15 is 0 Å². The number of guanidine groups is 1. The predicted molar refractivity (Wildman–Crippen MR) is 112 cm³/mol. The van der Waals surface area contributed by atoms with Crippen molar-refractivity contribution in [2.45, 2.75) is 58.3 Å². The number of nitrogens with one attached hydrogen (secondary N) is 2. The fourth-order valence-electron chi connectivity index (χ4n) is 4.61. The summed E-state index contributed by atoms with van der Waals surface area (Å²) in [5, 5.41) is 7.16. The van der Waals surface area contributed by atoms with Crippen LogP contribution in [-0.4, -0.2) is 56.3 Å². The Hall–Kier alpha value is -1.59. The highest BCUT2D eigenvalue weighted by Crippen LogP contribution is 2.52. The summed E-state index contributed by atoms with van der Waals surface area (Å²) in [4.78, 5) is 6.84. The fraction of sp³-hybridized carbons (Fsp3) is 0.682. The minimum Gasteiger partial charge on any atom is -0.377 e. The van der Waals surface area contributed by atoms with Crippen molar-refractivity contribution in [3.63, 3.8) is 0 Å². The van der Waals surface area contributed by atoms with Crippen LogP contribution in [-0.2, 0) is 11.3 Å². The molecule has 5 nitrogen and oxygen atoms in total. The van der Waals surface area contributed by atoms with E-state index in [-0.39, 0.29) is 5.41 Å². The molecule has 1 saturated carbocycles. The quantitative estimate of drug-likeness (QED) is 0.571. The van der Waals surface area contributed by atoms with Gasteiger partial charge in [-0.05, 0) is 32.4 Å². The maximum Gasteiger partial charge on any atom is 0.191 e. The molecule has 2 aliphatic rings. The first-order valence-corrected chi connectivity index (χ1v) is 10.3. The Morgan fingerprint density at radius 1 is 1.33 bits per heavy atom. The minimum absolute atomic E-state index is 0.169. The number of hydrogen-bond donors (Lipinski definition) is 2. The summed E-state index contributed by atoms with van der Waals surface area (Å²) in [7, 11) is 4.05. The Balaban J connectivity index is 1.42. The second-order valence-corrected chi connectivity index (χ2v) is 8.72. The van der Waals surface area contributed by atoms with Crippen molar-refractivity contribution >= 4 is 5.96 Å². The van der Waals surface area contributed by atoms with Gasteiger partial charge in [0.05, 0.1) is 6.10 Å². The van der Waals surface area contributed by atoms with Gasteiger partial charge in [-0.25, -0.2) is 0 Å². The highest BCUT2D eigenvalue weighted by Gasteiger charge is 2.59. The van der Waals surface area contributed by atoms with Crippen LogP contribution in [0.4, 0.5) is 0 Å². The standard InChI is InChI=1S/C22H36N4O/c1-16(26(5)15-17-9-7-6-8-10-17)11-13-24-21(23-4)25-19-18-12-14-27-20(18)22(19,2)3/h6-10,16,18-20H,11-15H2,1-5H3,(H2,23,24,25). The topological polar surface area (TPSA) is 48.9 Å². The van der Waals surface area contributed by atoms with Crippen LogP contribution in [0.15, 0.2) is 35.3 Å². The van der Waals surface area contributed by atoms with Crippen molar-refractivity contribution in [3.8, 4) is 0 Å². The van der Waals surface area contributed by atoms with Gasteiger partial charge in [-0.15, -0.1) is 0 Å². The molecule has 5 heteroatoms. The van der Waals surface area contributed by atoms with Crippen molar-refractivity contribution < 1.29 is 4.74 Å². The molecule has 4 atom stereocenters. The molecule has 150 valence electrons. The van der Waals surface area contributed by atoms with Gasteiger partial charge in [-0.2, -0.15) is 0 Å². The third-order valence-electron chi connectivity index (χ3n) is 6.50. The zero-order valence-electron chi connectivity index (χ0n) is 17.5. The summed E-state index contributed by atoms with van der Waals surface area (Å²) in [6.07, 6.45) is 2.64. The fourth-order valence-corrected chi connectivity index (χ4v) is 4.61. The predicted octanol–water partition coefficient (Wildman–Crippen LogP) is 2.88. The summed E-state index contributed by atoms with van der Waals surface area (Å²) in [5.74, 6) is 1.53. The van der Waals surface area contributed by atoms with Crippen molar-refractivity contribution in [2.24, 2.45) is 16.3 Å². The summed E-state index contributed by atoms with van der Waals surface area (Å²) < 4.78 is 5.89. The van der Waals surface area contributed by atoms with Gasteiger partial charge in [0.1, 0.15) is 0 Å². The van der Waals surface area contributed by atoms with E-state index in [1.807, 2.05) is 7.05 Å². The van der Waals surface area contributed by atoms with Crippen LogP contribution in [0.25, 0.3) is 0 Å². The third-order valence-corrected chi connectivity index (χ3v) is 6.50. The van der Waals surface area contributed by atoms with Gasteiger partial charge in [0.15, 0.2) is 5.96 Å². The second-order valence-electron chi connectivity index (χ2n) is 8.72. The molecule has 2 fully saturated rings. The Kier molecular flexibility index (Phi) is 6.43. The molecule has 4 unspecified atom stereocenters. The van der Waals surface area contributed by atoms with Crippen LogP contribution in [0.1, 0.15) is 39.2 Å². The van der Waals surface area contributed by atoms with E-state index in [0.717, 1.165) is 38.5 Å². The highest BCUT2D eigenvalue weighted by atomic mass is 16.5. The van der Waals surface area contributed by atoms with E-state index in [0.29, 0.717) is 24.1 Å². The van der Waals surface area contributed by atoms with E-state index in [1.54, 1.807) is 0 Å². The van der Waals surface area contributed by atoms with Crippen LogP contribution in [0.2, 0.25) is 0 Å². The Morgan fingerprint density at radius 3 is 2.78 bits per heavy atom. The average molecular weight is 373 g/mol. The largest absolute Gasteiger partial charge is 0.377 e. The van der Waals surface area contributed by atoms with Crippen molar-refractivity contribution in [3.05, 3.63) is 35.9 Å². The van der Waals surface area contributed by atoms with Crippen LogP contribution < -0.4 is 10.6 Å². The highest BCUT2D eigenvalue weighted by molar-refractivity contribution is 5.80. The summed E-state index contributed by atoms with van der Waals surface area (Å²) in [6, 6.07) is 11.6. The van der Waals surface area contributed by atoms with Crippen molar-refractivity contribution in [1.29, 1.82) is 0 Å². The Bertz CT molecular complexity index is 630. The first kappa shape index (κ1) is 20.2. The molecule has 0 amide bonds.